The predicted molar refractivity (Wildman–Crippen MR) is 75.3 cm³/mol. The molecule has 3 nitrogen and oxygen atoms in total. The molecular weight excluding hydrogens is 222 g/mol. The van der Waals surface area contributed by atoms with Crippen molar-refractivity contribution in [3.8, 4) is 0 Å². The van der Waals surface area contributed by atoms with Crippen molar-refractivity contribution in [1.29, 1.82) is 0 Å². The van der Waals surface area contributed by atoms with Crippen molar-refractivity contribution in [2.24, 2.45) is 18.7 Å². The summed E-state index contributed by atoms with van der Waals surface area (Å²) in [5, 5.41) is 0. The third kappa shape index (κ3) is 3.35. The summed E-state index contributed by atoms with van der Waals surface area (Å²) in [7, 11) is 2.06. The Morgan fingerprint density at radius 1 is 1.44 bits per heavy atom. The van der Waals surface area contributed by atoms with Crippen molar-refractivity contribution in [2.75, 3.05) is 0 Å². The number of hydrogen-bond donors (Lipinski definition) is 1. The molecule has 102 valence electrons. The zero-order chi connectivity index (χ0) is 13.0. The molecule has 0 saturated heterocycles. The molecule has 2 atom stereocenters. The molecule has 2 rings (SSSR count). The standard InChI is InChI=1S/C15H27N3/c1-3-5-13-6-4-8-15(16,9-7-13)12-14-17-10-11-18(14)2/h10-11,13H,3-9,12,16H2,1-2H3. The van der Waals surface area contributed by atoms with Gasteiger partial charge in [-0.25, -0.2) is 4.98 Å². The SMILES string of the molecule is CCCC1CCCC(N)(Cc2nccn2C)CC1. The third-order valence-electron chi connectivity index (χ3n) is 4.47. The van der Waals surface area contributed by atoms with E-state index in [0.29, 0.717) is 0 Å². The van der Waals surface area contributed by atoms with Gasteiger partial charge in [0, 0.05) is 31.4 Å². The fraction of sp³-hybridized carbons (Fsp3) is 0.800. The lowest BCUT2D eigenvalue weighted by Gasteiger charge is -2.28. The summed E-state index contributed by atoms with van der Waals surface area (Å²) < 4.78 is 2.10. The molecule has 2 N–H and O–H groups in total. The van der Waals surface area contributed by atoms with Crippen LogP contribution in [0.4, 0.5) is 0 Å². The molecule has 1 saturated carbocycles. The maximum Gasteiger partial charge on any atom is 0.110 e. The molecule has 1 heterocycles. The summed E-state index contributed by atoms with van der Waals surface area (Å²) in [5.41, 5.74) is 6.60. The van der Waals surface area contributed by atoms with Gasteiger partial charge in [-0.2, -0.15) is 0 Å². The normalized spacial score (nSPS) is 29.2. The average molecular weight is 249 g/mol. The topological polar surface area (TPSA) is 43.8 Å². The van der Waals surface area contributed by atoms with Crippen LogP contribution in [0.2, 0.25) is 0 Å². The molecule has 1 aromatic rings. The molecule has 1 fully saturated rings. The van der Waals surface area contributed by atoms with Gasteiger partial charge in [-0.05, 0) is 25.2 Å². The highest BCUT2D eigenvalue weighted by molar-refractivity contribution is 5.01. The van der Waals surface area contributed by atoms with E-state index < -0.39 is 0 Å². The number of aromatic nitrogens is 2. The lowest BCUT2D eigenvalue weighted by molar-refractivity contribution is 0.347. The Hall–Kier alpha value is -0.830. The number of imidazole rings is 1. The Morgan fingerprint density at radius 2 is 2.28 bits per heavy atom. The van der Waals surface area contributed by atoms with Crippen molar-refractivity contribution >= 4 is 0 Å². The second-order valence-electron chi connectivity index (χ2n) is 6.08. The highest BCUT2D eigenvalue weighted by Gasteiger charge is 2.30. The van der Waals surface area contributed by atoms with Crippen LogP contribution in [0.1, 0.15) is 57.7 Å². The third-order valence-corrected chi connectivity index (χ3v) is 4.47. The number of nitrogens with zero attached hydrogens (tertiary/aromatic N) is 2. The molecule has 1 aliphatic rings. The van der Waals surface area contributed by atoms with Gasteiger partial charge in [0.2, 0.25) is 0 Å². The fourth-order valence-electron chi connectivity index (χ4n) is 3.26. The molecule has 0 radical (unpaired) electrons. The van der Waals surface area contributed by atoms with Gasteiger partial charge in [0.25, 0.3) is 0 Å². The summed E-state index contributed by atoms with van der Waals surface area (Å²) in [6.45, 7) is 2.29. The van der Waals surface area contributed by atoms with Gasteiger partial charge in [0.1, 0.15) is 5.82 Å². The van der Waals surface area contributed by atoms with Crippen LogP contribution in [0.5, 0.6) is 0 Å². The molecule has 0 amide bonds. The van der Waals surface area contributed by atoms with Crippen molar-refractivity contribution in [1.82, 2.24) is 9.55 Å². The predicted octanol–water partition coefficient (Wildman–Crippen LogP) is 3.04. The first-order valence-corrected chi connectivity index (χ1v) is 7.38. The van der Waals surface area contributed by atoms with Gasteiger partial charge in [-0.15, -0.1) is 0 Å². The van der Waals surface area contributed by atoms with Crippen LogP contribution in [0, 0.1) is 5.92 Å². The minimum Gasteiger partial charge on any atom is -0.338 e. The van der Waals surface area contributed by atoms with E-state index in [2.05, 4.69) is 23.5 Å². The van der Waals surface area contributed by atoms with Crippen molar-refractivity contribution < 1.29 is 0 Å². The molecule has 1 aromatic heterocycles. The molecular formula is C15H27N3. The molecule has 0 spiro atoms. The van der Waals surface area contributed by atoms with E-state index in [-0.39, 0.29) is 5.54 Å². The van der Waals surface area contributed by atoms with E-state index in [0.717, 1.165) is 31.0 Å². The van der Waals surface area contributed by atoms with E-state index in [1.807, 2.05) is 12.4 Å². The summed E-state index contributed by atoms with van der Waals surface area (Å²) in [5.74, 6) is 2.04. The highest BCUT2D eigenvalue weighted by Crippen LogP contribution is 2.32. The lowest BCUT2D eigenvalue weighted by atomic mass is 9.87. The van der Waals surface area contributed by atoms with Crippen LogP contribution >= 0.6 is 0 Å². The molecule has 2 unspecified atom stereocenters. The average Bonchev–Trinajstić information content (AvgIpc) is 2.62. The van der Waals surface area contributed by atoms with E-state index in [4.69, 9.17) is 5.73 Å². The fourth-order valence-corrected chi connectivity index (χ4v) is 3.26. The lowest BCUT2D eigenvalue weighted by Crippen LogP contribution is -2.42. The Kier molecular flexibility index (Phi) is 4.44. The Balaban J connectivity index is 1.97. The molecule has 0 aliphatic heterocycles. The maximum absolute atomic E-state index is 6.62. The van der Waals surface area contributed by atoms with Crippen LogP contribution in [-0.2, 0) is 13.5 Å². The minimum atomic E-state index is -0.0262. The van der Waals surface area contributed by atoms with Crippen molar-refractivity contribution in [3.05, 3.63) is 18.2 Å². The molecule has 0 aromatic carbocycles. The van der Waals surface area contributed by atoms with E-state index in [1.54, 1.807) is 0 Å². The smallest absolute Gasteiger partial charge is 0.110 e. The first-order chi connectivity index (χ1) is 8.63. The summed E-state index contributed by atoms with van der Waals surface area (Å²) in [4.78, 5) is 4.42. The van der Waals surface area contributed by atoms with Crippen LogP contribution in [0.25, 0.3) is 0 Å². The zero-order valence-corrected chi connectivity index (χ0v) is 11.9. The summed E-state index contributed by atoms with van der Waals surface area (Å²) in [6, 6.07) is 0. The number of nitrogens with two attached hydrogens (primary N) is 1. The van der Waals surface area contributed by atoms with Gasteiger partial charge in [0.15, 0.2) is 0 Å². The molecule has 0 bridgehead atoms. The first-order valence-electron chi connectivity index (χ1n) is 7.38. The van der Waals surface area contributed by atoms with Crippen molar-refractivity contribution in [3.63, 3.8) is 0 Å². The van der Waals surface area contributed by atoms with Crippen molar-refractivity contribution in [2.45, 2.75) is 63.8 Å². The number of hydrogen-bond acceptors (Lipinski definition) is 2. The second kappa shape index (κ2) is 5.87. The van der Waals surface area contributed by atoms with Gasteiger partial charge < -0.3 is 10.3 Å². The van der Waals surface area contributed by atoms with Gasteiger partial charge in [-0.1, -0.05) is 32.6 Å². The maximum atomic E-state index is 6.62. The quantitative estimate of drug-likeness (QED) is 0.834. The zero-order valence-electron chi connectivity index (χ0n) is 11.9. The van der Waals surface area contributed by atoms with Gasteiger partial charge >= 0.3 is 0 Å². The highest BCUT2D eigenvalue weighted by atomic mass is 15.0. The van der Waals surface area contributed by atoms with Crippen LogP contribution in [-0.4, -0.2) is 15.1 Å². The largest absolute Gasteiger partial charge is 0.338 e. The van der Waals surface area contributed by atoms with Crippen LogP contribution in [0.3, 0.4) is 0 Å². The molecule has 18 heavy (non-hydrogen) atoms. The second-order valence-corrected chi connectivity index (χ2v) is 6.08. The van der Waals surface area contributed by atoms with Gasteiger partial charge in [0.05, 0.1) is 0 Å². The Bertz CT molecular complexity index is 372. The monoisotopic (exact) mass is 249 g/mol. The Morgan fingerprint density at radius 3 is 2.94 bits per heavy atom. The van der Waals surface area contributed by atoms with Crippen LogP contribution in [0.15, 0.2) is 12.4 Å². The van der Waals surface area contributed by atoms with Crippen LogP contribution < -0.4 is 5.73 Å². The Labute approximate surface area is 111 Å². The van der Waals surface area contributed by atoms with E-state index in [1.165, 1.54) is 32.1 Å². The summed E-state index contributed by atoms with van der Waals surface area (Å²) in [6.07, 6.45) is 13.7. The summed E-state index contributed by atoms with van der Waals surface area (Å²) >= 11 is 0. The number of aryl methyl sites for hydroxylation is 1. The number of rotatable bonds is 4. The first kappa shape index (κ1) is 13.6. The van der Waals surface area contributed by atoms with E-state index >= 15 is 0 Å². The molecule has 3 heteroatoms. The van der Waals surface area contributed by atoms with E-state index in [9.17, 15) is 0 Å². The minimum absolute atomic E-state index is 0.0262. The van der Waals surface area contributed by atoms with Gasteiger partial charge in [-0.3, -0.25) is 0 Å². The molecule has 1 aliphatic carbocycles.